The summed E-state index contributed by atoms with van der Waals surface area (Å²) in [5, 5.41) is 19.3. The van der Waals surface area contributed by atoms with Crippen molar-refractivity contribution in [3.8, 4) is 5.88 Å². The van der Waals surface area contributed by atoms with Crippen LogP contribution in [0.3, 0.4) is 0 Å². The second-order valence-electron chi connectivity index (χ2n) is 16.4. The lowest BCUT2D eigenvalue weighted by atomic mass is 10.0. The number of sulfonamides is 1. The number of nitrogens with one attached hydrogen (secondary N) is 3. The van der Waals surface area contributed by atoms with Crippen molar-refractivity contribution in [2.75, 3.05) is 13.7 Å². The molecule has 6 rings (SSSR count). The number of rotatable bonds is 19. The lowest BCUT2D eigenvalue weighted by Crippen LogP contribution is -2.60. The molecule has 2 fully saturated rings. The predicted octanol–water partition coefficient (Wildman–Crippen LogP) is 6.66. The zero-order valence-corrected chi connectivity index (χ0v) is 35.3. The van der Waals surface area contributed by atoms with E-state index in [0.29, 0.717) is 42.5 Å². The predicted molar refractivity (Wildman–Crippen MR) is 223 cm³/mol. The van der Waals surface area contributed by atoms with E-state index in [4.69, 9.17) is 14.5 Å². The molecular formula is C42H54FN5O8S2. The van der Waals surface area contributed by atoms with Crippen LogP contribution >= 0.6 is 11.3 Å². The molecule has 0 bridgehead atoms. The topological polar surface area (TPSA) is 176 Å². The van der Waals surface area contributed by atoms with Gasteiger partial charge in [0, 0.05) is 33.2 Å². The second kappa shape index (κ2) is 17.5. The molecule has 2 heterocycles. The first-order valence-corrected chi connectivity index (χ1v) is 22.3. The average molecular weight is 840 g/mol. The van der Waals surface area contributed by atoms with Gasteiger partial charge in [0.2, 0.25) is 21.8 Å². The van der Waals surface area contributed by atoms with Crippen LogP contribution in [0.15, 0.2) is 55.1 Å². The normalized spacial score (nSPS) is 19.8. The fourth-order valence-corrected chi connectivity index (χ4v) is 9.88. The molecule has 0 radical (unpaired) electrons. The SMILES string of the molecule is C=CC1CC1(NC(=O)C(CCOc1nc2c3ccc(F)cc3sc2c2ccccc12)N(C)C(O)C(CCCCCC)NC(=O)OC(C)(C)C)C(=O)NS(=O)(=O)C1CC1. The van der Waals surface area contributed by atoms with Gasteiger partial charge in [-0.1, -0.05) is 56.9 Å². The number of halogens is 1. The highest BCUT2D eigenvalue weighted by atomic mass is 32.2. The van der Waals surface area contributed by atoms with Crippen molar-refractivity contribution in [3.05, 3.63) is 60.9 Å². The molecular weight excluding hydrogens is 786 g/mol. The van der Waals surface area contributed by atoms with Gasteiger partial charge in [0.05, 0.1) is 34.2 Å². The maximum atomic E-state index is 14.5. The van der Waals surface area contributed by atoms with Gasteiger partial charge in [-0.05, 0) is 77.8 Å². The number of carbonyl (C=O) groups is 3. The first-order valence-electron chi connectivity index (χ1n) is 19.9. The fraction of sp³-hybridized carbons (Fsp3) is 0.524. The van der Waals surface area contributed by atoms with Crippen LogP contribution in [0, 0.1) is 11.7 Å². The lowest BCUT2D eigenvalue weighted by Gasteiger charge is -2.36. The highest BCUT2D eigenvalue weighted by molar-refractivity contribution is 7.91. The van der Waals surface area contributed by atoms with E-state index in [1.807, 2.05) is 24.3 Å². The van der Waals surface area contributed by atoms with Crippen LogP contribution in [0.4, 0.5) is 9.18 Å². The molecule has 13 nitrogen and oxygen atoms in total. The van der Waals surface area contributed by atoms with Crippen LogP contribution in [-0.2, 0) is 24.3 Å². The Balaban J connectivity index is 1.29. The van der Waals surface area contributed by atoms with E-state index in [1.165, 1.54) is 34.4 Å². The molecule has 0 saturated heterocycles. The van der Waals surface area contributed by atoms with Crippen molar-refractivity contribution in [2.24, 2.45) is 5.92 Å². The number of hydrogen-bond donors (Lipinski definition) is 4. The van der Waals surface area contributed by atoms with E-state index in [2.05, 4.69) is 28.9 Å². The molecule has 0 aliphatic heterocycles. The molecule has 2 aromatic carbocycles. The number of thiophene rings is 1. The number of pyridine rings is 1. The lowest BCUT2D eigenvalue weighted by molar-refractivity contribution is -0.136. The molecule has 2 aliphatic carbocycles. The number of ether oxygens (including phenoxy) is 2. The van der Waals surface area contributed by atoms with E-state index in [0.717, 1.165) is 39.4 Å². The minimum atomic E-state index is -3.92. The molecule has 4 N–H and O–H groups in total. The van der Waals surface area contributed by atoms with Crippen LogP contribution in [0.25, 0.3) is 31.1 Å². The van der Waals surface area contributed by atoms with E-state index >= 15 is 0 Å². The molecule has 58 heavy (non-hydrogen) atoms. The number of amides is 3. The molecule has 4 aromatic rings. The number of carbonyl (C=O) groups excluding carboxylic acids is 3. The van der Waals surface area contributed by atoms with Gasteiger partial charge in [0.1, 0.15) is 23.2 Å². The van der Waals surface area contributed by atoms with E-state index < -0.39 is 68.6 Å². The Morgan fingerprint density at radius 3 is 2.48 bits per heavy atom. The summed E-state index contributed by atoms with van der Waals surface area (Å²) in [6.45, 7) is 11.0. The third kappa shape index (κ3) is 9.73. The van der Waals surface area contributed by atoms with Gasteiger partial charge < -0.3 is 25.2 Å². The van der Waals surface area contributed by atoms with Gasteiger partial charge in [-0.2, -0.15) is 0 Å². The van der Waals surface area contributed by atoms with Gasteiger partial charge in [-0.15, -0.1) is 17.9 Å². The Bertz CT molecular complexity index is 2290. The van der Waals surface area contributed by atoms with Crippen LogP contribution in [0.2, 0.25) is 0 Å². The quantitative estimate of drug-likeness (QED) is 0.0454. The smallest absolute Gasteiger partial charge is 0.408 e. The zero-order chi connectivity index (χ0) is 42.0. The number of aromatic nitrogens is 1. The molecule has 0 spiro atoms. The minimum absolute atomic E-state index is 0.0190. The summed E-state index contributed by atoms with van der Waals surface area (Å²) in [7, 11) is -2.37. The largest absolute Gasteiger partial charge is 0.477 e. The summed E-state index contributed by atoms with van der Waals surface area (Å²) >= 11 is 1.43. The van der Waals surface area contributed by atoms with Crippen molar-refractivity contribution in [2.45, 2.75) is 120 Å². The number of likely N-dealkylation sites (N-methyl/N-ethyl adjacent to an activating group) is 1. The first kappa shape index (κ1) is 43.2. The summed E-state index contributed by atoms with van der Waals surface area (Å²) in [4.78, 5) is 47.4. The van der Waals surface area contributed by atoms with Crippen molar-refractivity contribution >= 4 is 70.3 Å². The molecule has 5 unspecified atom stereocenters. The summed E-state index contributed by atoms with van der Waals surface area (Å²) < 4.78 is 55.4. The van der Waals surface area contributed by atoms with Gasteiger partial charge in [-0.3, -0.25) is 19.2 Å². The van der Waals surface area contributed by atoms with Gasteiger partial charge in [-0.25, -0.2) is 22.6 Å². The molecule has 2 saturated carbocycles. The highest BCUT2D eigenvalue weighted by Gasteiger charge is 2.61. The number of nitrogens with zero attached hydrogens (tertiary/aromatic N) is 2. The minimum Gasteiger partial charge on any atom is -0.477 e. The summed E-state index contributed by atoms with van der Waals surface area (Å²) in [6.07, 6.45) is 4.29. The Morgan fingerprint density at radius 2 is 1.83 bits per heavy atom. The molecule has 314 valence electrons. The number of aliphatic hydroxyl groups excluding tert-OH is 1. The third-order valence-corrected chi connectivity index (χ3v) is 13.8. The summed E-state index contributed by atoms with van der Waals surface area (Å²) in [5.41, 5.74) is -1.72. The zero-order valence-electron chi connectivity index (χ0n) is 33.7. The number of unbranched alkanes of at least 4 members (excludes halogenated alkanes) is 3. The Hall–Kier alpha value is -4.38. The monoisotopic (exact) mass is 839 g/mol. The highest BCUT2D eigenvalue weighted by Crippen LogP contribution is 2.45. The molecule has 5 atom stereocenters. The number of benzene rings is 2. The average Bonchev–Trinajstić information content (AvgIpc) is 4.10. The molecule has 2 aliphatic rings. The van der Waals surface area contributed by atoms with Crippen LogP contribution in [-0.4, -0.2) is 89.7 Å². The number of fused-ring (bicyclic) bond motifs is 5. The van der Waals surface area contributed by atoms with Crippen LogP contribution < -0.4 is 20.1 Å². The second-order valence-corrected chi connectivity index (χ2v) is 19.4. The van der Waals surface area contributed by atoms with E-state index in [-0.39, 0.29) is 25.3 Å². The Kier molecular flexibility index (Phi) is 13.0. The van der Waals surface area contributed by atoms with Crippen molar-refractivity contribution in [1.82, 2.24) is 25.2 Å². The maximum absolute atomic E-state index is 14.5. The van der Waals surface area contributed by atoms with Crippen molar-refractivity contribution in [3.63, 3.8) is 0 Å². The van der Waals surface area contributed by atoms with E-state index in [9.17, 15) is 32.3 Å². The van der Waals surface area contributed by atoms with Crippen LogP contribution in [0.1, 0.15) is 85.5 Å². The standard InChI is InChI=1S/C42H54FN5O8S2/c1-7-9-10-11-16-31(44-40(52)56-41(3,4)5)38(50)48(6)32(36(49)46-42(24-25(42)8-2)39(51)47-58(53,54)27-18-19-27)21-22-55-37-29-15-13-12-14-28(29)35-34(45-37)30-20-17-26(43)23-33(30)57-35/h8,12-15,17,20,23,25,27,31-32,38,50H,2,7,9-11,16,18-19,21-22,24H2,1,3-6H3,(H,44,52)(H,46,49)(H,47,51). The summed E-state index contributed by atoms with van der Waals surface area (Å²) in [5.74, 6) is -2.09. The third-order valence-electron chi connectivity index (χ3n) is 10.8. The fourth-order valence-electron chi connectivity index (χ4n) is 7.31. The number of aliphatic hydroxyl groups is 1. The molecule has 16 heteroatoms. The Morgan fingerprint density at radius 1 is 1.10 bits per heavy atom. The first-order chi connectivity index (χ1) is 27.5. The summed E-state index contributed by atoms with van der Waals surface area (Å²) in [6, 6.07) is 10.1. The van der Waals surface area contributed by atoms with E-state index in [1.54, 1.807) is 33.9 Å². The van der Waals surface area contributed by atoms with Gasteiger partial charge >= 0.3 is 6.09 Å². The van der Waals surface area contributed by atoms with Gasteiger partial charge in [0.15, 0.2) is 0 Å². The Labute approximate surface area is 342 Å². The van der Waals surface area contributed by atoms with Crippen molar-refractivity contribution in [1.29, 1.82) is 0 Å². The number of alkyl carbamates (subject to hydrolysis) is 1. The maximum Gasteiger partial charge on any atom is 0.408 e. The molecule has 2 aromatic heterocycles. The van der Waals surface area contributed by atoms with Crippen LogP contribution in [0.5, 0.6) is 5.88 Å². The van der Waals surface area contributed by atoms with Gasteiger partial charge in [0.25, 0.3) is 5.91 Å². The number of hydrogen-bond acceptors (Lipinski definition) is 11. The van der Waals surface area contributed by atoms with Crippen molar-refractivity contribution < 1.29 is 41.8 Å². The molecule has 3 amide bonds.